The van der Waals surface area contributed by atoms with Crippen molar-refractivity contribution < 1.29 is 0 Å². The molecule has 0 saturated heterocycles. The van der Waals surface area contributed by atoms with E-state index in [4.69, 9.17) is 10.7 Å². The zero-order valence-electron chi connectivity index (χ0n) is 13.6. The molecule has 0 spiro atoms. The lowest BCUT2D eigenvalue weighted by Gasteiger charge is -2.01. The number of nitrogens with zero attached hydrogens (tertiary/aromatic N) is 4. The average molecular weight is 309 g/mol. The monoisotopic (exact) mass is 309 g/mol. The summed E-state index contributed by atoms with van der Waals surface area (Å²) in [5.74, 6) is 0. The van der Waals surface area contributed by atoms with Crippen LogP contribution in [0.2, 0.25) is 0 Å². The lowest BCUT2D eigenvalue weighted by atomic mass is 10.2. The van der Waals surface area contributed by atoms with Crippen molar-refractivity contribution in [2.45, 2.75) is 39.2 Å². The van der Waals surface area contributed by atoms with Gasteiger partial charge in [-0.2, -0.15) is 5.10 Å². The molecule has 0 bridgehead atoms. The van der Waals surface area contributed by atoms with Crippen LogP contribution >= 0.6 is 0 Å². The first kappa shape index (κ1) is 15.6. The lowest BCUT2D eigenvalue weighted by Crippen LogP contribution is -2.00. The first-order valence-corrected chi connectivity index (χ1v) is 8.24. The average Bonchev–Trinajstić information content (AvgIpc) is 2.95. The van der Waals surface area contributed by atoms with Crippen LogP contribution in [0.3, 0.4) is 0 Å². The SMILES string of the molecule is Cc1nn(CCCCCCN)cc1-c1cnc2ccccc2n1. The zero-order chi connectivity index (χ0) is 16.1. The summed E-state index contributed by atoms with van der Waals surface area (Å²) in [6.45, 7) is 3.75. The second-order valence-corrected chi connectivity index (χ2v) is 5.84. The predicted molar refractivity (Wildman–Crippen MR) is 93.0 cm³/mol. The number of hydrogen-bond donors (Lipinski definition) is 1. The van der Waals surface area contributed by atoms with Gasteiger partial charge in [0, 0.05) is 18.3 Å². The van der Waals surface area contributed by atoms with E-state index in [0.29, 0.717) is 0 Å². The molecule has 0 atom stereocenters. The summed E-state index contributed by atoms with van der Waals surface area (Å²) in [4.78, 5) is 9.20. The molecule has 23 heavy (non-hydrogen) atoms. The van der Waals surface area contributed by atoms with Crippen molar-refractivity contribution in [3.05, 3.63) is 42.4 Å². The van der Waals surface area contributed by atoms with Crippen molar-refractivity contribution in [1.82, 2.24) is 19.7 Å². The van der Waals surface area contributed by atoms with Gasteiger partial charge in [-0.25, -0.2) is 4.98 Å². The highest BCUT2D eigenvalue weighted by molar-refractivity contribution is 5.77. The minimum absolute atomic E-state index is 0.783. The summed E-state index contributed by atoms with van der Waals surface area (Å²) in [7, 11) is 0. The molecule has 0 saturated carbocycles. The van der Waals surface area contributed by atoms with Crippen molar-refractivity contribution in [2.24, 2.45) is 5.73 Å². The van der Waals surface area contributed by atoms with Gasteiger partial charge in [0.05, 0.1) is 28.6 Å². The van der Waals surface area contributed by atoms with Gasteiger partial charge in [0.1, 0.15) is 0 Å². The molecule has 120 valence electrons. The number of para-hydroxylation sites is 2. The molecular formula is C18H23N5. The fraction of sp³-hybridized carbons (Fsp3) is 0.389. The predicted octanol–water partition coefficient (Wildman–Crippen LogP) is 3.32. The number of unbranched alkanes of at least 4 members (excludes halogenated alkanes) is 3. The summed E-state index contributed by atoms with van der Waals surface area (Å²) in [6.07, 6.45) is 8.54. The quantitative estimate of drug-likeness (QED) is 0.680. The molecule has 3 rings (SSSR count). The maximum Gasteiger partial charge on any atom is 0.0927 e. The topological polar surface area (TPSA) is 69.6 Å². The smallest absolute Gasteiger partial charge is 0.0927 e. The molecule has 0 unspecified atom stereocenters. The van der Waals surface area contributed by atoms with E-state index in [1.807, 2.05) is 42.1 Å². The minimum Gasteiger partial charge on any atom is -0.330 e. The van der Waals surface area contributed by atoms with E-state index >= 15 is 0 Å². The van der Waals surface area contributed by atoms with Crippen molar-refractivity contribution in [3.8, 4) is 11.3 Å². The Hall–Kier alpha value is -2.27. The second-order valence-electron chi connectivity index (χ2n) is 5.84. The molecular weight excluding hydrogens is 286 g/mol. The van der Waals surface area contributed by atoms with Crippen LogP contribution in [0.4, 0.5) is 0 Å². The number of benzene rings is 1. The second kappa shape index (κ2) is 7.33. The Morgan fingerprint density at radius 1 is 1.04 bits per heavy atom. The van der Waals surface area contributed by atoms with Gasteiger partial charge in [0.25, 0.3) is 0 Å². The van der Waals surface area contributed by atoms with Crippen LogP contribution in [0.15, 0.2) is 36.7 Å². The molecule has 0 aliphatic carbocycles. The highest BCUT2D eigenvalue weighted by Crippen LogP contribution is 2.22. The Morgan fingerprint density at radius 3 is 2.65 bits per heavy atom. The van der Waals surface area contributed by atoms with Crippen LogP contribution in [0.25, 0.3) is 22.3 Å². The Bertz CT molecular complexity index is 778. The number of aryl methyl sites for hydroxylation is 2. The van der Waals surface area contributed by atoms with Gasteiger partial charge in [0.2, 0.25) is 0 Å². The Balaban J connectivity index is 1.74. The Morgan fingerprint density at radius 2 is 1.83 bits per heavy atom. The summed E-state index contributed by atoms with van der Waals surface area (Å²) in [5, 5.41) is 4.61. The van der Waals surface area contributed by atoms with Crippen LogP contribution in [-0.2, 0) is 6.54 Å². The first-order chi connectivity index (χ1) is 11.3. The van der Waals surface area contributed by atoms with Crippen molar-refractivity contribution in [2.75, 3.05) is 6.54 Å². The molecule has 2 N–H and O–H groups in total. The molecule has 0 aliphatic heterocycles. The summed E-state index contributed by atoms with van der Waals surface area (Å²) in [5.41, 5.74) is 10.3. The van der Waals surface area contributed by atoms with E-state index in [1.165, 1.54) is 12.8 Å². The van der Waals surface area contributed by atoms with E-state index in [-0.39, 0.29) is 0 Å². The van der Waals surface area contributed by atoms with E-state index < -0.39 is 0 Å². The molecule has 1 aromatic carbocycles. The number of aromatic nitrogens is 4. The van der Waals surface area contributed by atoms with Gasteiger partial charge in [-0.3, -0.25) is 9.67 Å². The number of hydrogen-bond acceptors (Lipinski definition) is 4. The van der Waals surface area contributed by atoms with Gasteiger partial charge in [-0.15, -0.1) is 0 Å². The van der Waals surface area contributed by atoms with E-state index in [0.717, 1.165) is 53.9 Å². The van der Waals surface area contributed by atoms with Crippen molar-refractivity contribution >= 4 is 11.0 Å². The molecule has 2 aromatic heterocycles. The number of rotatable bonds is 7. The van der Waals surface area contributed by atoms with Gasteiger partial charge >= 0.3 is 0 Å². The van der Waals surface area contributed by atoms with Gasteiger partial charge in [-0.05, 0) is 38.4 Å². The maximum absolute atomic E-state index is 5.52. The van der Waals surface area contributed by atoms with Crippen LogP contribution < -0.4 is 5.73 Å². The minimum atomic E-state index is 0.783. The summed E-state index contributed by atoms with van der Waals surface area (Å²) < 4.78 is 2.02. The van der Waals surface area contributed by atoms with Gasteiger partial charge in [0.15, 0.2) is 0 Å². The normalized spacial score (nSPS) is 11.2. The van der Waals surface area contributed by atoms with Gasteiger partial charge in [-0.1, -0.05) is 25.0 Å². The first-order valence-electron chi connectivity index (χ1n) is 8.24. The standard InChI is InChI=1S/C18H23N5/c1-14-15(13-23(22-14)11-7-3-2-6-10-19)18-12-20-16-8-4-5-9-17(16)21-18/h4-5,8-9,12-13H,2-3,6-7,10-11,19H2,1H3. The van der Waals surface area contributed by atoms with Crippen LogP contribution in [-0.4, -0.2) is 26.3 Å². The van der Waals surface area contributed by atoms with E-state index in [2.05, 4.69) is 16.3 Å². The zero-order valence-corrected chi connectivity index (χ0v) is 13.6. The lowest BCUT2D eigenvalue weighted by molar-refractivity contribution is 0.535. The largest absolute Gasteiger partial charge is 0.330 e. The summed E-state index contributed by atoms with van der Waals surface area (Å²) >= 11 is 0. The maximum atomic E-state index is 5.52. The number of nitrogens with two attached hydrogens (primary N) is 1. The fourth-order valence-electron chi connectivity index (χ4n) is 2.74. The fourth-order valence-corrected chi connectivity index (χ4v) is 2.74. The molecule has 0 amide bonds. The third kappa shape index (κ3) is 3.74. The molecule has 3 aromatic rings. The highest BCUT2D eigenvalue weighted by Gasteiger charge is 2.10. The molecule has 0 radical (unpaired) electrons. The van der Waals surface area contributed by atoms with Crippen LogP contribution in [0.5, 0.6) is 0 Å². The highest BCUT2D eigenvalue weighted by atomic mass is 15.3. The van der Waals surface area contributed by atoms with Crippen LogP contribution in [0.1, 0.15) is 31.4 Å². The molecule has 0 aliphatic rings. The molecule has 5 nitrogen and oxygen atoms in total. The third-order valence-electron chi connectivity index (χ3n) is 4.01. The van der Waals surface area contributed by atoms with Crippen molar-refractivity contribution in [3.63, 3.8) is 0 Å². The van der Waals surface area contributed by atoms with Crippen LogP contribution in [0, 0.1) is 6.92 Å². The van der Waals surface area contributed by atoms with Gasteiger partial charge < -0.3 is 5.73 Å². The Labute approximate surface area is 136 Å². The van der Waals surface area contributed by atoms with Crippen molar-refractivity contribution in [1.29, 1.82) is 0 Å². The third-order valence-corrected chi connectivity index (χ3v) is 4.01. The summed E-state index contributed by atoms with van der Waals surface area (Å²) in [6, 6.07) is 7.93. The van der Waals surface area contributed by atoms with E-state index in [1.54, 1.807) is 0 Å². The molecule has 5 heteroatoms. The Kier molecular flexibility index (Phi) is 4.98. The molecule has 0 fully saturated rings. The van der Waals surface area contributed by atoms with E-state index in [9.17, 15) is 0 Å². The number of fused-ring (bicyclic) bond motifs is 1. The molecule has 2 heterocycles.